The summed E-state index contributed by atoms with van der Waals surface area (Å²) in [6.07, 6.45) is -4.68. The maximum Gasteiger partial charge on any atom is 0.573 e. The summed E-state index contributed by atoms with van der Waals surface area (Å²) in [5.74, 6) is 0.0331. The monoisotopic (exact) mass is 348 g/mol. The third kappa shape index (κ3) is 5.66. The number of ether oxygens (including phenoxy) is 1. The largest absolute Gasteiger partial charge is 0.573 e. The smallest absolute Gasteiger partial charge is 0.405 e. The Morgan fingerprint density at radius 1 is 1.35 bits per heavy atom. The predicted octanol–water partition coefficient (Wildman–Crippen LogP) is 2.76. The van der Waals surface area contributed by atoms with Gasteiger partial charge >= 0.3 is 6.36 Å². The maximum absolute atomic E-state index is 12.3. The molecular formula is C14H15F3N2O3S. The molecule has 126 valence electrons. The van der Waals surface area contributed by atoms with Crippen LogP contribution in [-0.4, -0.2) is 41.3 Å². The molecule has 0 unspecified atom stereocenters. The summed E-state index contributed by atoms with van der Waals surface area (Å²) in [4.78, 5) is 24.7. The Morgan fingerprint density at radius 2 is 2.09 bits per heavy atom. The van der Waals surface area contributed by atoms with Gasteiger partial charge in [0, 0.05) is 37.4 Å². The van der Waals surface area contributed by atoms with Crippen LogP contribution in [0.15, 0.2) is 24.3 Å². The first-order valence-electron chi connectivity index (χ1n) is 6.87. The molecule has 1 N–H and O–H groups in total. The van der Waals surface area contributed by atoms with Crippen molar-refractivity contribution in [1.82, 2.24) is 10.2 Å². The van der Waals surface area contributed by atoms with Gasteiger partial charge in [-0.2, -0.15) is 0 Å². The molecule has 1 heterocycles. The molecule has 1 saturated heterocycles. The van der Waals surface area contributed by atoms with Crippen molar-refractivity contribution in [3.63, 3.8) is 0 Å². The third-order valence-electron chi connectivity index (χ3n) is 3.13. The van der Waals surface area contributed by atoms with Gasteiger partial charge in [0.1, 0.15) is 5.75 Å². The van der Waals surface area contributed by atoms with Crippen LogP contribution < -0.4 is 10.1 Å². The Bertz CT molecular complexity index is 581. The van der Waals surface area contributed by atoms with Crippen LogP contribution in [0.5, 0.6) is 5.75 Å². The van der Waals surface area contributed by atoms with Crippen molar-refractivity contribution in [2.24, 2.45) is 0 Å². The molecule has 0 spiro atoms. The van der Waals surface area contributed by atoms with Crippen LogP contribution in [0.2, 0.25) is 0 Å². The van der Waals surface area contributed by atoms with Gasteiger partial charge in [0.15, 0.2) is 0 Å². The van der Waals surface area contributed by atoms with Crippen LogP contribution in [-0.2, 0) is 11.3 Å². The number of rotatable bonds is 6. The Balaban J connectivity index is 1.83. The number of para-hydroxylation sites is 1. The fourth-order valence-corrected chi connectivity index (χ4v) is 2.87. The van der Waals surface area contributed by atoms with Gasteiger partial charge in [0.25, 0.3) is 5.24 Å². The van der Waals surface area contributed by atoms with Crippen LogP contribution in [0.3, 0.4) is 0 Å². The van der Waals surface area contributed by atoms with E-state index in [4.69, 9.17) is 0 Å². The van der Waals surface area contributed by atoms with E-state index in [1.165, 1.54) is 30.0 Å². The molecule has 1 aliphatic rings. The van der Waals surface area contributed by atoms with E-state index in [9.17, 15) is 22.8 Å². The van der Waals surface area contributed by atoms with E-state index >= 15 is 0 Å². The van der Waals surface area contributed by atoms with Gasteiger partial charge in [-0.15, -0.1) is 13.2 Å². The van der Waals surface area contributed by atoms with Crippen LogP contribution in [0.25, 0.3) is 0 Å². The summed E-state index contributed by atoms with van der Waals surface area (Å²) in [5, 5.41) is 2.48. The number of alkyl halides is 3. The van der Waals surface area contributed by atoms with Gasteiger partial charge in [-0.25, -0.2) is 0 Å². The first-order valence-corrected chi connectivity index (χ1v) is 7.86. The predicted molar refractivity (Wildman–Crippen MR) is 79.0 cm³/mol. The van der Waals surface area contributed by atoms with E-state index in [2.05, 4.69) is 10.1 Å². The lowest BCUT2D eigenvalue weighted by Gasteiger charge is -2.15. The molecule has 2 amide bonds. The second-order valence-electron chi connectivity index (χ2n) is 4.78. The molecule has 0 radical (unpaired) electrons. The van der Waals surface area contributed by atoms with E-state index in [1.54, 1.807) is 11.0 Å². The van der Waals surface area contributed by atoms with Crippen molar-refractivity contribution < 1.29 is 27.5 Å². The molecule has 2 rings (SSSR count). The summed E-state index contributed by atoms with van der Waals surface area (Å²) >= 11 is 1.21. The molecule has 0 saturated carbocycles. The number of nitrogens with one attached hydrogen (secondary N) is 1. The number of carbonyl (C=O) groups is 2. The molecule has 0 atom stereocenters. The number of amides is 2. The molecule has 23 heavy (non-hydrogen) atoms. The van der Waals surface area contributed by atoms with Gasteiger partial charge in [0.2, 0.25) is 5.91 Å². The van der Waals surface area contributed by atoms with Crippen molar-refractivity contribution in [3.05, 3.63) is 29.8 Å². The average molecular weight is 348 g/mol. The molecule has 0 aliphatic carbocycles. The van der Waals surface area contributed by atoms with Crippen LogP contribution in [0.1, 0.15) is 12.0 Å². The number of carbonyl (C=O) groups excluding carboxylic acids is 2. The Morgan fingerprint density at radius 3 is 2.74 bits per heavy atom. The number of nitrogens with zero attached hydrogens (tertiary/aromatic N) is 1. The Kier molecular flexibility index (Phi) is 5.75. The van der Waals surface area contributed by atoms with Crippen molar-refractivity contribution in [1.29, 1.82) is 0 Å². The van der Waals surface area contributed by atoms with Crippen LogP contribution in [0, 0.1) is 0 Å². The van der Waals surface area contributed by atoms with E-state index < -0.39 is 6.36 Å². The SMILES string of the molecule is O=C(CCN1CCSC1=O)NCc1ccccc1OC(F)(F)F. The fourth-order valence-electron chi connectivity index (χ4n) is 2.02. The first-order chi connectivity index (χ1) is 10.8. The summed E-state index contributed by atoms with van der Waals surface area (Å²) in [6, 6.07) is 5.62. The van der Waals surface area contributed by atoms with E-state index in [-0.39, 0.29) is 35.4 Å². The highest BCUT2D eigenvalue weighted by Gasteiger charge is 2.32. The topological polar surface area (TPSA) is 58.6 Å². The minimum Gasteiger partial charge on any atom is -0.405 e. The second kappa shape index (κ2) is 7.58. The van der Waals surface area contributed by atoms with E-state index in [0.717, 1.165) is 0 Å². The quantitative estimate of drug-likeness (QED) is 0.859. The lowest BCUT2D eigenvalue weighted by Crippen LogP contribution is -2.31. The normalized spacial score (nSPS) is 14.9. The van der Waals surface area contributed by atoms with Gasteiger partial charge < -0.3 is 15.0 Å². The van der Waals surface area contributed by atoms with Crippen molar-refractivity contribution in [3.8, 4) is 5.75 Å². The summed E-state index contributed by atoms with van der Waals surface area (Å²) < 4.78 is 40.8. The molecule has 1 aromatic carbocycles. The van der Waals surface area contributed by atoms with Gasteiger partial charge in [0.05, 0.1) is 0 Å². The zero-order valence-corrected chi connectivity index (χ0v) is 12.9. The minimum atomic E-state index is -4.78. The lowest BCUT2D eigenvalue weighted by atomic mass is 10.2. The molecular weight excluding hydrogens is 333 g/mol. The van der Waals surface area contributed by atoms with Crippen LogP contribution in [0.4, 0.5) is 18.0 Å². The van der Waals surface area contributed by atoms with Gasteiger partial charge in [-0.05, 0) is 6.07 Å². The first kappa shape index (κ1) is 17.5. The van der Waals surface area contributed by atoms with E-state index in [1.807, 2.05) is 0 Å². The molecule has 1 aliphatic heterocycles. The minimum absolute atomic E-state index is 0.0540. The van der Waals surface area contributed by atoms with Gasteiger partial charge in [-0.1, -0.05) is 30.0 Å². The molecule has 5 nitrogen and oxygen atoms in total. The molecule has 0 bridgehead atoms. The maximum atomic E-state index is 12.3. The highest BCUT2D eigenvalue weighted by Crippen LogP contribution is 2.26. The fraction of sp³-hybridized carbons (Fsp3) is 0.429. The molecule has 0 aromatic heterocycles. The molecule has 9 heteroatoms. The highest BCUT2D eigenvalue weighted by atomic mass is 32.2. The average Bonchev–Trinajstić information content (AvgIpc) is 2.88. The zero-order chi connectivity index (χ0) is 16.9. The van der Waals surface area contributed by atoms with Crippen molar-refractivity contribution in [2.75, 3.05) is 18.8 Å². The highest BCUT2D eigenvalue weighted by molar-refractivity contribution is 8.13. The second-order valence-corrected chi connectivity index (χ2v) is 5.83. The van der Waals surface area contributed by atoms with Crippen molar-refractivity contribution >= 4 is 22.9 Å². The number of halogens is 3. The number of hydrogen-bond donors (Lipinski definition) is 1. The van der Waals surface area contributed by atoms with Crippen LogP contribution >= 0.6 is 11.8 Å². The number of thioether (sulfide) groups is 1. The lowest BCUT2D eigenvalue weighted by molar-refractivity contribution is -0.274. The Hall–Kier alpha value is -1.90. The molecule has 1 fully saturated rings. The van der Waals surface area contributed by atoms with E-state index in [0.29, 0.717) is 18.8 Å². The molecule has 1 aromatic rings. The summed E-state index contributed by atoms with van der Waals surface area (Å²) in [6.45, 7) is 0.838. The summed E-state index contributed by atoms with van der Waals surface area (Å²) in [5.41, 5.74) is 0.228. The third-order valence-corrected chi connectivity index (χ3v) is 4.02. The van der Waals surface area contributed by atoms with Gasteiger partial charge in [-0.3, -0.25) is 9.59 Å². The summed E-state index contributed by atoms with van der Waals surface area (Å²) in [7, 11) is 0. The standard InChI is InChI=1S/C14H15F3N2O3S/c15-14(16,17)22-11-4-2-1-3-10(11)9-18-12(20)5-6-19-7-8-23-13(19)21/h1-4H,5-9H2,(H,18,20). The zero-order valence-electron chi connectivity index (χ0n) is 12.1. The Labute approximate surface area is 135 Å². The number of benzene rings is 1. The number of hydrogen-bond acceptors (Lipinski definition) is 4. The van der Waals surface area contributed by atoms with Crippen molar-refractivity contribution in [2.45, 2.75) is 19.3 Å².